The fourth-order valence-electron chi connectivity index (χ4n) is 2.31. The van der Waals surface area contributed by atoms with E-state index in [1.165, 1.54) is 11.1 Å². The zero-order valence-corrected chi connectivity index (χ0v) is 13.9. The molecule has 3 heteroatoms. The van der Waals surface area contributed by atoms with E-state index in [0.717, 1.165) is 18.6 Å². The first kappa shape index (κ1) is 16.5. The van der Waals surface area contributed by atoms with Crippen molar-refractivity contribution in [1.29, 1.82) is 0 Å². The van der Waals surface area contributed by atoms with Crippen molar-refractivity contribution in [3.63, 3.8) is 0 Å². The molecule has 0 radical (unpaired) electrons. The van der Waals surface area contributed by atoms with Gasteiger partial charge < -0.3 is 9.47 Å². The molecule has 0 N–H and O–H groups in total. The van der Waals surface area contributed by atoms with Crippen molar-refractivity contribution in [2.45, 2.75) is 26.4 Å². The summed E-state index contributed by atoms with van der Waals surface area (Å²) in [5, 5.41) is 0.687. The molecule has 0 aliphatic rings. The molecule has 0 bridgehead atoms. The zero-order chi connectivity index (χ0) is 15.8. The minimum Gasteiger partial charge on any atom is -0.490 e. The van der Waals surface area contributed by atoms with Crippen molar-refractivity contribution in [2.75, 3.05) is 7.11 Å². The quantitative estimate of drug-likeness (QED) is 0.683. The summed E-state index contributed by atoms with van der Waals surface area (Å²) >= 11 is 5.25. The van der Waals surface area contributed by atoms with Gasteiger partial charge in [0.2, 0.25) is 0 Å². The molecule has 1 unspecified atom stereocenters. The summed E-state index contributed by atoms with van der Waals surface area (Å²) in [4.78, 5) is 0. The minimum absolute atomic E-state index is 0.288. The predicted octanol–water partition coefficient (Wildman–Crippen LogP) is 4.81. The topological polar surface area (TPSA) is 18.5 Å². The highest BCUT2D eigenvalue weighted by molar-refractivity contribution is 7.80. The summed E-state index contributed by atoms with van der Waals surface area (Å²) in [6, 6.07) is 18.4. The fraction of sp³-hybridized carbons (Fsp3) is 0.316. The van der Waals surface area contributed by atoms with Crippen LogP contribution < -0.4 is 4.74 Å². The first-order valence-corrected chi connectivity index (χ1v) is 7.97. The lowest BCUT2D eigenvalue weighted by Crippen LogP contribution is -2.15. The summed E-state index contributed by atoms with van der Waals surface area (Å²) in [6.07, 6.45) is 1.89. The average molecular weight is 314 g/mol. The third-order valence-electron chi connectivity index (χ3n) is 3.68. The van der Waals surface area contributed by atoms with E-state index >= 15 is 0 Å². The molecule has 0 saturated heterocycles. The molecule has 0 aliphatic heterocycles. The monoisotopic (exact) mass is 314 g/mol. The molecule has 0 amide bonds. The molecule has 2 rings (SSSR count). The van der Waals surface area contributed by atoms with Crippen LogP contribution in [0, 0.1) is 5.92 Å². The second-order valence-corrected chi connectivity index (χ2v) is 5.65. The van der Waals surface area contributed by atoms with Crippen LogP contribution in [0.25, 0.3) is 0 Å². The van der Waals surface area contributed by atoms with E-state index in [1.807, 2.05) is 30.3 Å². The maximum Gasteiger partial charge on any atom is 0.162 e. The van der Waals surface area contributed by atoms with Gasteiger partial charge in [-0.15, -0.1) is 0 Å². The van der Waals surface area contributed by atoms with Crippen molar-refractivity contribution in [3.05, 3.63) is 65.7 Å². The lowest BCUT2D eigenvalue weighted by atomic mass is 9.97. The molecule has 0 heterocycles. The Labute approximate surface area is 138 Å². The Morgan fingerprint density at radius 3 is 2.27 bits per heavy atom. The Bertz CT molecular complexity index is 578. The van der Waals surface area contributed by atoms with Crippen LogP contribution in [0.1, 0.15) is 24.5 Å². The van der Waals surface area contributed by atoms with Gasteiger partial charge in [-0.1, -0.05) is 49.4 Å². The molecule has 0 spiro atoms. The van der Waals surface area contributed by atoms with E-state index in [2.05, 4.69) is 31.2 Å². The number of hydrogen-bond donors (Lipinski definition) is 0. The fourth-order valence-corrected chi connectivity index (χ4v) is 2.56. The summed E-state index contributed by atoms with van der Waals surface area (Å²) in [7, 11) is 1.64. The molecule has 0 aliphatic carbocycles. The predicted molar refractivity (Wildman–Crippen MR) is 94.3 cm³/mol. The normalized spacial score (nSPS) is 11.7. The molecular formula is C19H22O2S. The molecule has 0 saturated carbocycles. The van der Waals surface area contributed by atoms with Crippen LogP contribution in [-0.2, 0) is 17.8 Å². The van der Waals surface area contributed by atoms with Crippen molar-refractivity contribution in [3.8, 4) is 5.75 Å². The van der Waals surface area contributed by atoms with Crippen LogP contribution in [0.4, 0.5) is 0 Å². The molecule has 116 valence electrons. The van der Waals surface area contributed by atoms with Gasteiger partial charge in [0.05, 0.1) is 7.11 Å². The van der Waals surface area contributed by atoms with Gasteiger partial charge >= 0.3 is 0 Å². The summed E-state index contributed by atoms with van der Waals surface area (Å²) < 4.78 is 11.0. The molecule has 0 fully saturated rings. The van der Waals surface area contributed by atoms with E-state index in [-0.39, 0.29) is 5.92 Å². The second-order valence-electron chi connectivity index (χ2n) is 5.25. The van der Waals surface area contributed by atoms with Crippen LogP contribution in [0.15, 0.2) is 54.6 Å². The van der Waals surface area contributed by atoms with Gasteiger partial charge in [-0.05, 0) is 48.3 Å². The lowest BCUT2D eigenvalue weighted by molar-refractivity contribution is 0.306. The molecule has 2 aromatic carbocycles. The number of benzene rings is 2. The van der Waals surface area contributed by atoms with Crippen molar-refractivity contribution in [1.82, 2.24) is 0 Å². The van der Waals surface area contributed by atoms with E-state index in [9.17, 15) is 0 Å². The molecule has 1 atom stereocenters. The van der Waals surface area contributed by atoms with Gasteiger partial charge in [0, 0.05) is 5.92 Å². The highest BCUT2D eigenvalue weighted by Crippen LogP contribution is 2.19. The number of ether oxygens (including phenoxy) is 2. The Hall–Kier alpha value is -1.87. The zero-order valence-electron chi connectivity index (χ0n) is 13.1. The van der Waals surface area contributed by atoms with Gasteiger partial charge in [-0.25, -0.2) is 0 Å². The van der Waals surface area contributed by atoms with E-state index in [1.54, 1.807) is 7.11 Å². The summed E-state index contributed by atoms with van der Waals surface area (Å²) in [5.74, 6) is 1.17. The maximum absolute atomic E-state index is 5.80. The Morgan fingerprint density at radius 1 is 1.00 bits per heavy atom. The lowest BCUT2D eigenvalue weighted by Gasteiger charge is -2.15. The molecule has 2 aromatic rings. The van der Waals surface area contributed by atoms with E-state index in [4.69, 9.17) is 21.7 Å². The molecular weight excluding hydrogens is 292 g/mol. The Balaban J connectivity index is 1.91. The van der Waals surface area contributed by atoms with E-state index in [0.29, 0.717) is 11.7 Å². The Kier molecular flexibility index (Phi) is 6.41. The highest BCUT2D eigenvalue weighted by Gasteiger charge is 2.13. The van der Waals surface area contributed by atoms with Crippen molar-refractivity contribution in [2.24, 2.45) is 5.92 Å². The molecule has 0 aromatic heterocycles. The molecule has 2 nitrogen and oxygen atoms in total. The van der Waals surface area contributed by atoms with Gasteiger partial charge in [0.25, 0.3) is 0 Å². The maximum atomic E-state index is 5.80. The van der Waals surface area contributed by atoms with Crippen LogP contribution >= 0.6 is 12.2 Å². The van der Waals surface area contributed by atoms with Gasteiger partial charge in [0.15, 0.2) is 5.05 Å². The average Bonchev–Trinajstić information content (AvgIpc) is 2.59. The number of thiocarbonyl (C=S) groups is 1. The van der Waals surface area contributed by atoms with E-state index < -0.39 is 0 Å². The first-order valence-electron chi connectivity index (χ1n) is 7.56. The van der Waals surface area contributed by atoms with Crippen LogP contribution in [0.5, 0.6) is 5.75 Å². The highest BCUT2D eigenvalue weighted by atomic mass is 32.1. The number of rotatable bonds is 7. The SMILES string of the molecule is CCC(Cc1ccc(OCc2ccccc2)cc1)C(=S)OC. The van der Waals surface area contributed by atoms with Gasteiger partial charge in [-0.3, -0.25) is 0 Å². The van der Waals surface area contributed by atoms with Gasteiger partial charge in [0.1, 0.15) is 12.4 Å². The summed E-state index contributed by atoms with van der Waals surface area (Å²) in [5.41, 5.74) is 2.42. The number of methoxy groups -OCH3 is 1. The largest absolute Gasteiger partial charge is 0.490 e. The minimum atomic E-state index is 0.288. The smallest absolute Gasteiger partial charge is 0.162 e. The van der Waals surface area contributed by atoms with Gasteiger partial charge in [-0.2, -0.15) is 0 Å². The second kappa shape index (κ2) is 8.54. The van der Waals surface area contributed by atoms with Crippen LogP contribution in [-0.4, -0.2) is 12.2 Å². The number of hydrogen-bond acceptors (Lipinski definition) is 3. The first-order chi connectivity index (χ1) is 10.7. The molecule has 22 heavy (non-hydrogen) atoms. The van der Waals surface area contributed by atoms with Crippen LogP contribution in [0.2, 0.25) is 0 Å². The third kappa shape index (κ3) is 4.85. The standard InChI is InChI=1S/C19H22O2S/c1-3-17(19(22)20-2)13-15-9-11-18(12-10-15)21-14-16-7-5-4-6-8-16/h4-12,17H,3,13-14H2,1-2H3. The van der Waals surface area contributed by atoms with Crippen molar-refractivity contribution >= 4 is 17.3 Å². The third-order valence-corrected chi connectivity index (χ3v) is 4.18. The van der Waals surface area contributed by atoms with Crippen molar-refractivity contribution < 1.29 is 9.47 Å². The van der Waals surface area contributed by atoms with Crippen LogP contribution in [0.3, 0.4) is 0 Å². The summed E-state index contributed by atoms with van der Waals surface area (Å²) in [6.45, 7) is 2.72. The Morgan fingerprint density at radius 2 is 1.68 bits per heavy atom.